The number of aryl methyl sites for hydroxylation is 2. The maximum atomic E-state index is 6.28. The minimum atomic E-state index is 0.695. The maximum Gasteiger partial charge on any atom is 0.227 e. The first kappa shape index (κ1) is 17.6. The minimum absolute atomic E-state index is 0.695. The van der Waals surface area contributed by atoms with Crippen LogP contribution in [0, 0.1) is 13.8 Å². The van der Waals surface area contributed by atoms with Gasteiger partial charge in [0.25, 0.3) is 0 Å². The van der Waals surface area contributed by atoms with E-state index in [0.717, 1.165) is 33.3 Å². The highest BCUT2D eigenvalue weighted by Crippen LogP contribution is 2.40. The van der Waals surface area contributed by atoms with Gasteiger partial charge in [0, 0.05) is 33.6 Å². The van der Waals surface area contributed by atoms with Gasteiger partial charge in [0.05, 0.1) is 5.69 Å². The highest BCUT2D eigenvalue weighted by molar-refractivity contribution is 6.11. The Kier molecular flexibility index (Phi) is 3.92. The zero-order valence-corrected chi connectivity index (χ0v) is 17.4. The summed E-state index contributed by atoms with van der Waals surface area (Å²) in [5.41, 5.74) is 7.21. The third kappa shape index (κ3) is 2.72. The van der Waals surface area contributed by atoms with E-state index in [1.54, 1.807) is 0 Å². The second kappa shape index (κ2) is 6.66. The number of nitrogens with zero attached hydrogens (tertiary/aromatic N) is 2. The van der Waals surface area contributed by atoms with Crippen molar-refractivity contribution in [3.63, 3.8) is 0 Å². The topological polar surface area (TPSA) is 38.9 Å². The third-order valence-electron chi connectivity index (χ3n) is 6.59. The fourth-order valence-electron chi connectivity index (χ4n) is 5.10. The van der Waals surface area contributed by atoms with E-state index in [1.165, 1.54) is 47.6 Å². The summed E-state index contributed by atoms with van der Waals surface area (Å²) in [6, 6.07) is 17.6. The van der Waals surface area contributed by atoms with E-state index in [1.807, 2.05) is 19.2 Å². The molecule has 0 bridgehead atoms. The molecule has 148 valence electrons. The van der Waals surface area contributed by atoms with E-state index in [9.17, 15) is 0 Å². The second-order valence-corrected chi connectivity index (χ2v) is 8.72. The lowest BCUT2D eigenvalue weighted by Crippen LogP contribution is -1.93. The average molecular weight is 393 g/mol. The van der Waals surface area contributed by atoms with E-state index < -0.39 is 0 Å². The van der Waals surface area contributed by atoms with Crippen LogP contribution < -0.4 is 0 Å². The Bertz CT molecular complexity index is 1420. The first-order valence-corrected chi connectivity index (χ1v) is 10.9. The molecule has 0 spiro atoms. The number of hydrogen-bond donors (Lipinski definition) is 0. The van der Waals surface area contributed by atoms with E-state index in [4.69, 9.17) is 9.40 Å². The largest absolute Gasteiger partial charge is 0.437 e. The van der Waals surface area contributed by atoms with Gasteiger partial charge in [-0.05, 0) is 79.5 Å². The molecule has 0 saturated heterocycles. The Balaban J connectivity index is 1.60. The van der Waals surface area contributed by atoms with Crippen LogP contribution in [-0.2, 0) is 0 Å². The summed E-state index contributed by atoms with van der Waals surface area (Å²) in [6.07, 6.45) is 7.26. The first-order valence-electron chi connectivity index (χ1n) is 10.9. The van der Waals surface area contributed by atoms with E-state index in [-0.39, 0.29) is 0 Å². The molecule has 0 aliphatic heterocycles. The normalized spacial score (nSPS) is 15.0. The van der Waals surface area contributed by atoms with Gasteiger partial charge in [-0.3, -0.25) is 4.98 Å². The SMILES string of the molecule is Cc1cc(-c2nccc3cc(C4CCCC4)ccc23)c2oc3nc(C)ccc3c2c1. The predicted octanol–water partition coefficient (Wildman–Crippen LogP) is 7.47. The molecule has 1 aliphatic carbocycles. The van der Waals surface area contributed by atoms with Crippen molar-refractivity contribution in [2.45, 2.75) is 45.4 Å². The molecule has 30 heavy (non-hydrogen) atoms. The van der Waals surface area contributed by atoms with Gasteiger partial charge in [-0.15, -0.1) is 0 Å². The van der Waals surface area contributed by atoms with Crippen molar-refractivity contribution in [3.05, 3.63) is 71.5 Å². The molecule has 5 aromatic rings. The van der Waals surface area contributed by atoms with Gasteiger partial charge in [0.2, 0.25) is 5.71 Å². The molecule has 3 heterocycles. The molecule has 3 heteroatoms. The zero-order valence-electron chi connectivity index (χ0n) is 17.4. The van der Waals surface area contributed by atoms with Crippen LogP contribution in [0.4, 0.5) is 0 Å². The molecule has 1 aliphatic rings. The first-order chi connectivity index (χ1) is 14.7. The van der Waals surface area contributed by atoms with Gasteiger partial charge in [0.15, 0.2) is 0 Å². The fraction of sp³-hybridized carbons (Fsp3) is 0.259. The second-order valence-electron chi connectivity index (χ2n) is 8.72. The number of benzene rings is 2. The van der Waals surface area contributed by atoms with Crippen LogP contribution in [0.2, 0.25) is 0 Å². The van der Waals surface area contributed by atoms with E-state index in [2.05, 4.69) is 54.4 Å². The third-order valence-corrected chi connectivity index (χ3v) is 6.59. The summed E-state index contributed by atoms with van der Waals surface area (Å²) >= 11 is 0. The van der Waals surface area contributed by atoms with Crippen molar-refractivity contribution in [2.75, 3.05) is 0 Å². The summed E-state index contributed by atoms with van der Waals surface area (Å²) in [6.45, 7) is 4.12. The quantitative estimate of drug-likeness (QED) is 0.313. The van der Waals surface area contributed by atoms with Gasteiger partial charge in [-0.2, -0.15) is 0 Å². The van der Waals surface area contributed by atoms with E-state index in [0.29, 0.717) is 11.6 Å². The zero-order chi connectivity index (χ0) is 20.2. The van der Waals surface area contributed by atoms with Crippen molar-refractivity contribution in [1.29, 1.82) is 0 Å². The molecular formula is C27H24N2O. The van der Waals surface area contributed by atoms with Crippen LogP contribution in [0.5, 0.6) is 0 Å². The summed E-state index contributed by atoms with van der Waals surface area (Å²) in [7, 11) is 0. The number of fused-ring (bicyclic) bond motifs is 4. The molecule has 0 unspecified atom stereocenters. The Morgan fingerprint density at radius 1 is 0.867 bits per heavy atom. The van der Waals surface area contributed by atoms with E-state index >= 15 is 0 Å². The summed E-state index contributed by atoms with van der Waals surface area (Å²) < 4.78 is 6.28. The molecular weight excluding hydrogens is 368 g/mol. The lowest BCUT2D eigenvalue weighted by atomic mass is 9.93. The van der Waals surface area contributed by atoms with Crippen molar-refractivity contribution in [3.8, 4) is 11.3 Å². The summed E-state index contributed by atoms with van der Waals surface area (Å²) in [5.74, 6) is 0.710. The maximum absolute atomic E-state index is 6.28. The molecule has 0 amide bonds. The standard InChI is InChI=1S/C27H24N2O/c1-16-13-23-22-9-7-17(2)29-27(22)30-26(23)24(14-16)25-21-10-8-19(18-5-3-4-6-18)15-20(21)11-12-28-25/h7-15,18H,3-6H2,1-2H3. The van der Waals surface area contributed by atoms with Crippen LogP contribution in [0.15, 0.2) is 59.1 Å². The molecule has 0 radical (unpaired) electrons. The van der Waals surface area contributed by atoms with Crippen molar-refractivity contribution >= 4 is 32.8 Å². The van der Waals surface area contributed by atoms with Crippen LogP contribution in [0.3, 0.4) is 0 Å². The van der Waals surface area contributed by atoms with Crippen LogP contribution in [-0.4, -0.2) is 9.97 Å². The Morgan fingerprint density at radius 3 is 2.57 bits per heavy atom. The number of rotatable bonds is 2. The minimum Gasteiger partial charge on any atom is -0.437 e. The molecule has 3 nitrogen and oxygen atoms in total. The van der Waals surface area contributed by atoms with Crippen molar-refractivity contribution in [2.24, 2.45) is 0 Å². The number of aromatic nitrogens is 2. The molecule has 6 rings (SSSR count). The molecule has 1 fully saturated rings. The van der Waals surface area contributed by atoms with Gasteiger partial charge >= 0.3 is 0 Å². The Morgan fingerprint density at radius 2 is 1.70 bits per heavy atom. The van der Waals surface area contributed by atoms with Gasteiger partial charge < -0.3 is 4.42 Å². The number of hydrogen-bond acceptors (Lipinski definition) is 3. The summed E-state index contributed by atoms with van der Waals surface area (Å²) in [5, 5.41) is 4.60. The molecule has 0 atom stereocenters. The van der Waals surface area contributed by atoms with Crippen LogP contribution in [0.25, 0.3) is 44.1 Å². The van der Waals surface area contributed by atoms with Crippen LogP contribution >= 0.6 is 0 Å². The average Bonchev–Trinajstić information content (AvgIpc) is 3.40. The Labute approximate surface area is 175 Å². The molecule has 0 N–H and O–H groups in total. The number of furan rings is 1. The smallest absolute Gasteiger partial charge is 0.227 e. The molecule has 2 aromatic carbocycles. The lowest BCUT2D eigenvalue weighted by molar-refractivity contribution is 0.653. The lowest BCUT2D eigenvalue weighted by Gasteiger charge is -2.12. The predicted molar refractivity (Wildman–Crippen MR) is 123 cm³/mol. The summed E-state index contributed by atoms with van der Waals surface area (Å²) in [4.78, 5) is 9.41. The van der Waals surface area contributed by atoms with Crippen LogP contribution in [0.1, 0.15) is 48.4 Å². The van der Waals surface area contributed by atoms with Gasteiger partial charge in [-0.1, -0.05) is 31.0 Å². The van der Waals surface area contributed by atoms with Gasteiger partial charge in [-0.25, -0.2) is 4.98 Å². The highest BCUT2D eigenvalue weighted by atomic mass is 16.3. The van der Waals surface area contributed by atoms with Gasteiger partial charge in [0.1, 0.15) is 5.58 Å². The molecule has 3 aromatic heterocycles. The number of pyridine rings is 2. The monoisotopic (exact) mass is 392 g/mol. The Hall–Kier alpha value is -3.20. The highest BCUT2D eigenvalue weighted by Gasteiger charge is 2.19. The fourth-order valence-corrected chi connectivity index (χ4v) is 5.10. The van der Waals surface area contributed by atoms with Crippen molar-refractivity contribution in [1.82, 2.24) is 9.97 Å². The molecule has 1 saturated carbocycles. The van der Waals surface area contributed by atoms with Crippen molar-refractivity contribution < 1.29 is 4.42 Å².